The Bertz CT molecular complexity index is 472. The van der Waals surface area contributed by atoms with Gasteiger partial charge in [0.25, 0.3) is 0 Å². The SMILES string of the molecule is CCC(C)N[C@]1(c2cnccc2C(=O)O)COCCO1. The molecule has 110 valence electrons. The molecule has 1 unspecified atom stereocenters. The molecule has 1 aromatic heterocycles. The molecule has 1 aromatic rings. The van der Waals surface area contributed by atoms with E-state index in [1.54, 1.807) is 0 Å². The highest BCUT2D eigenvalue weighted by Crippen LogP contribution is 2.29. The minimum Gasteiger partial charge on any atom is -0.478 e. The Morgan fingerprint density at radius 2 is 2.40 bits per heavy atom. The minimum absolute atomic E-state index is 0.165. The average Bonchev–Trinajstić information content (AvgIpc) is 2.48. The highest BCUT2D eigenvalue weighted by molar-refractivity contribution is 5.89. The summed E-state index contributed by atoms with van der Waals surface area (Å²) >= 11 is 0. The van der Waals surface area contributed by atoms with Crippen LogP contribution in [-0.4, -0.2) is 41.9 Å². The lowest BCUT2D eigenvalue weighted by atomic mass is 9.97. The smallest absolute Gasteiger partial charge is 0.336 e. The van der Waals surface area contributed by atoms with Gasteiger partial charge in [-0.25, -0.2) is 4.79 Å². The number of carbonyl (C=O) groups is 1. The summed E-state index contributed by atoms with van der Waals surface area (Å²) in [7, 11) is 0. The minimum atomic E-state index is -0.998. The Hall–Kier alpha value is -1.50. The molecule has 2 N–H and O–H groups in total. The molecule has 0 aliphatic carbocycles. The van der Waals surface area contributed by atoms with E-state index in [1.807, 2.05) is 6.92 Å². The van der Waals surface area contributed by atoms with Gasteiger partial charge in [0.1, 0.15) is 0 Å². The predicted octanol–water partition coefficient (Wildman–Crippen LogP) is 1.37. The number of carboxylic acids is 1. The maximum atomic E-state index is 11.4. The van der Waals surface area contributed by atoms with E-state index >= 15 is 0 Å². The van der Waals surface area contributed by atoms with E-state index < -0.39 is 11.7 Å². The maximum Gasteiger partial charge on any atom is 0.336 e. The van der Waals surface area contributed by atoms with Gasteiger partial charge in [-0.2, -0.15) is 0 Å². The first-order valence-corrected chi connectivity index (χ1v) is 6.76. The lowest BCUT2D eigenvalue weighted by Gasteiger charge is -2.40. The number of ether oxygens (including phenoxy) is 2. The summed E-state index contributed by atoms with van der Waals surface area (Å²) in [5.41, 5.74) is -0.260. The molecule has 2 atom stereocenters. The molecule has 6 heteroatoms. The van der Waals surface area contributed by atoms with Gasteiger partial charge >= 0.3 is 5.97 Å². The fraction of sp³-hybridized carbons (Fsp3) is 0.571. The van der Waals surface area contributed by atoms with Crippen molar-refractivity contribution in [2.24, 2.45) is 0 Å². The van der Waals surface area contributed by atoms with Crippen LogP contribution in [0.4, 0.5) is 0 Å². The number of nitrogens with one attached hydrogen (secondary N) is 1. The summed E-state index contributed by atoms with van der Waals surface area (Å²) in [6, 6.07) is 1.65. The zero-order valence-corrected chi connectivity index (χ0v) is 11.8. The van der Waals surface area contributed by atoms with E-state index in [0.29, 0.717) is 18.8 Å². The van der Waals surface area contributed by atoms with E-state index in [9.17, 15) is 9.90 Å². The number of aromatic nitrogens is 1. The zero-order chi connectivity index (χ0) is 14.6. The zero-order valence-electron chi connectivity index (χ0n) is 11.8. The van der Waals surface area contributed by atoms with Crippen LogP contribution in [0.1, 0.15) is 36.2 Å². The number of pyridine rings is 1. The molecule has 0 amide bonds. The third kappa shape index (κ3) is 2.98. The topological polar surface area (TPSA) is 80.7 Å². The van der Waals surface area contributed by atoms with Gasteiger partial charge in [0.2, 0.25) is 0 Å². The van der Waals surface area contributed by atoms with Crippen LogP contribution in [0.15, 0.2) is 18.5 Å². The van der Waals surface area contributed by atoms with Gasteiger partial charge in [-0.15, -0.1) is 0 Å². The number of aromatic carboxylic acids is 1. The molecule has 1 aliphatic rings. The highest BCUT2D eigenvalue weighted by atomic mass is 16.6. The number of hydrogen-bond donors (Lipinski definition) is 2. The molecule has 2 heterocycles. The van der Waals surface area contributed by atoms with Crippen LogP contribution in [0.25, 0.3) is 0 Å². The standard InChI is InChI=1S/C14H20N2O4/c1-3-10(2)16-14(9-19-6-7-20-14)12-8-15-5-4-11(12)13(17)18/h4-5,8,10,16H,3,6-7,9H2,1-2H3,(H,17,18)/t10?,14-/m1/s1. The molecule has 2 rings (SSSR count). The maximum absolute atomic E-state index is 11.4. The second kappa shape index (κ2) is 6.30. The second-order valence-electron chi connectivity index (χ2n) is 4.91. The number of nitrogens with zero attached hydrogens (tertiary/aromatic N) is 1. The molecule has 1 aliphatic heterocycles. The predicted molar refractivity (Wildman–Crippen MR) is 72.5 cm³/mol. The molecule has 0 spiro atoms. The van der Waals surface area contributed by atoms with E-state index in [-0.39, 0.29) is 18.2 Å². The first-order chi connectivity index (χ1) is 9.59. The summed E-state index contributed by atoms with van der Waals surface area (Å²) in [5, 5.41) is 12.7. The third-order valence-corrected chi connectivity index (χ3v) is 3.46. The quantitative estimate of drug-likeness (QED) is 0.848. The van der Waals surface area contributed by atoms with Crippen molar-refractivity contribution >= 4 is 5.97 Å². The van der Waals surface area contributed by atoms with Crippen molar-refractivity contribution in [1.29, 1.82) is 0 Å². The molecule has 1 fully saturated rings. The van der Waals surface area contributed by atoms with Crippen molar-refractivity contribution in [2.75, 3.05) is 19.8 Å². The van der Waals surface area contributed by atoms with Gasteiger partial charge in [0, 0.05) is 24.0 Å². The van der Waals surface area contributed by atoms with Crippen LogP contribution >= 0.6 is 0 Å². The number of carboxylic acid groups (broad SMARTS) is 1. The molecule has 20 heavy (non-hydrogen) atoms. The Labute approximate surface area is 118 Å². The van der Waals surface area contributed by atoms with Crippen LogP contribution in [-0.2, 0) is 15.2 Å². The van der Waals surface area contributed by atoms with Crippen LogP contribution in [0.3, 0.4) is 0 Å². The van der Waals surface area contributed by atoms with Gasteiger partial charge < -0.3 is 14.6 Å². The summed E-state index contributed by atoms with van der Waals surface area (Å²) in [6.07, 6.45) is 3.90. The van der Waals surface area contributed by atoms with Crippen LogP contribution in [0.2, 0.25) is 0 Å². The van der Waals surface area contributed by atoms with E-state index in [0.717, 1.165) is 6.42 Å². The molecule has 6 nitrogen and oxygen atoms in total. The summed E-state index contributed by atoms with van der Waals surface area (Å²) in [6.45, 7) is 5.26. The van der Waals surface area contributed by atoms with Crippen molar-refractivity contribution in [2.45, 2.75) is 32.0 Å². The molecule has 0 bridgehead atoms. The molecule has 0 aromatic carbocycles. The van der Waals surface area contributed by atoms with Gasteiger partial charge in [-0.1, -0.05) is 6.92 Å². The Morgan fingerprint density at radius 3 is 3.00 bits per heavy atom. The van der Waals surface area contributed by atoms with E-state index in [1.165, 1.54) is 18.5 Å². The summed E-state index contributed by atoms with van der Waals surface area (Å²) in [5.74, 6) is -0.998. The fourth-order valence-corrected chi connectivity index (χ4v) is 2.25. The molecule has 1 saturated heterocycles. The monoisotopic (exact) mass is 280 g/mol. The Morgan fingerprint density at radius 1 is 1.60 bits per heavy atom. The molecular formula is C14H20N2O4. The van der Waals surface area contributed by atoms with E-state index in [4.69, 9.17) is 9.47 Å². The van der Waals surface area contributed by atoms with Crippen molar-refractivity contribution in [3.8, 4) is 0 Å². The van der Waals surface area contributed by atoms with Crippen molar-refractivity contribution in [1.82, 2.24) is 10.3 Å². The van der Waals surface area contributed by atoms with Gasteiger partial charge in [-0.3, -0.25) is 10.3 Å². The summed E-state index contributed by atoms with van der Waals surface area (Å²) < 4.78 is 11.4. The molecule has 0 radical (unpaired) electrons. The van der Waals surface area contributed by atoms with Crippen LogP contribution in [0, 0.1) is 0 Å². The fourth-order valence-electron chi connectivity index (χ4n) is 2.25. The number of rotatable bonds is 5. The van der Waals surface area contributed by atoms with E-state index in [2.05, 4.69) is 17.2 Å². The second-order valence-corrected chi connectivity index (χ2v) is 4.91. The molecular weight excluding hydrogens is 260 g/mol. The van der Waals surface area contributed by atoms with Gasteiger partial charge in [0.15, 0.2) is 5.72 Å². The first kappa shape index (κ1) is 14.9. The van der Waals surface area contributed by atoms with Gasteiger partial charge in [-0.05, 0) is 19.4 Å². The number of hydrogen-bond acceptors (Lipinski definition) is 5. The van der Waals surface area contributed by atoms with Crippen LogP contribution in [0.5, 0.6) is 0 Å². The average molecular weight is 280 g/mol. The largest absolute Gasteiger partial charge is 0.478 e. The Balaban J connectivity index is 2.43. The van der Waals surface area contributed by atoms with Crippen LogP contribution < -0.4 is 5.32 Å². The third-order valence-electron chi connectivity index (χ3n) is 3.46. The van der Waals surface area contributed by atoms with Crippen molar-refractivity contribution in [3.63, 3.8) is 0 Å². The first-order valence-electron chi connectivity index (χ1n) is 6.76. The highest BCUT2D eigenvalue weighted by Gasteiger charge is 2.40. The normalized spacial score (nSPS) is 24.3. The Kier molecular flexibility index (Phi) is 4.69. The lowest BCUT2D eigenvalue weighted by Crippen LogP contribution is -2.55. The lowest BCUT2D eigenvalue weighted by molar-refractivity contribution is -0.184. The van der Waals surface area contributed by atoms with Crippen molar-refractivity contribution in [3.05, 3.63) is 29.6 Å². The molecule has 0 saturated carbocycles. The van der Waals surface area contributed by atoms with Gasteiger partial charge in [0.05, 0.1) is 25.4 Å². The van der Waals surface area contributed by atoms with Crippen molar-refractivity contribution < 1.29 is 19.4 Å². The summed E-state index contributed by atoms with van der Waals surface area (Å²) in [4.78, 5) is 15.5.